The lowest BCUT2D eigenvalue weighted by Crippen LogP contribution is -2.35. The van der Waals surface area contributed by atoms with Crippen molar-refractivity contribution in [3.63, 3.8) is 0 Å². The summed E-state index contributed by atoms with van der Waals surface area (Å²) in [6, 6.07) is 10.2. The Labute approximate surface area is 163 Å². The van der Waals surface area contributed by atoms with Gasteiger partial charge in [-0.15, -0.1) is 0 Å². The SMILES string of the molecule is Cc1ccc(C)c(S(=O)(=O)NCCNC(=O)Cc2ccc(Cl)c(Cl)c2)c1. The fraction of sp³-hybridized carbons (Fsp3) is 0.278. The molecule has 0 saturated carbocycles. The van der Waals surface area contributed by atoms with Gasteiger partial charge in [-0.25, -0.2) is 13.1 Å². The van der Waals surface area contributed by atoms with Gasteiger partial charge >= 0.3 is 0 Å². The van der Waals surface area contributed by atoms with Crippen LogP contribution in [0.3, 0.4) is 0 Å². The number of hydrogen-bond acceptors (Lipinski definition) is 3. The second kappa shape index (κ2) is 8.86. The van der Waals surface area contributed by atoms with Gasteiger partial charge in [0.15, 0.2) is 0 Å². The number of sulfonamides is 1. The summed E-state index contributed by atoms with van der Waals surface area (Å²) in [6.45, 7) is 3.86. The first-order chi connectivity index (χ1) is 12.2. The summed E-state index contributed by atoms with van der Waals surface area (Å²) < 4.78 is 27.2. The van der Waals surface area contributed by atoms with Crippen molar-refractivity contribution in [1.82, 2.24) is 10.0 Å². The Hall–Kier alpha value is -1.60. The van der Waals surface area contributed by atoms with Gasteiger partial charge in [0.05, 0.1) is 21.4 Å². The molecule has 0 aliphatic carbocycles. The van der Waals surface area contributed by atoms with E-state index in [1.165, 1.54) is 0 Å². The molecule has 0 saturated heterocycles. The van der Waals surface area contributed by atoms with Gasteiger partial charge < -0.3 is 5.32 Å². The molecule has 0 heterocycles. The summed E-state index contributed by atoms with van der Waals surface area (Å²) in [5, 5.41) is 3.49. The van der Waals surface area contributed by atoms with Crippen molar-refractivity contribution in [2.45, 2.75) is 25.2 Å². The fourth-order valence-corrected chi connectivity index (χ4v) is 4.04. The Morgan fingerprint density at radius 1 is 1.00 bits per heavy atom. The number of carbonyl (C=O) groups excluding carboxylic acids is 1. The second-order valence-electron chi connectivity index (χ2n) is 5.94. The maximum atomic E-state index is 12.4. The van der Waals surface area contributed by atoms with Crippen LogP contribution in [-0.2, 0) is 21.2 Å². The maximum Gasteiger partial charge on any atom is 0.240 e. The molecule has 2 aromatic rings. The predicted molar refractivity (Wildman–Crippen MR) is 104 cm³/mol. The molecule has 0 unspecified atom stereocenters. The number of carbonyl (C=O) groups is 1. The van der Waals surface area contributed by atoms with Crippen molar-refractivity contribution in [2.24, 2.45) is 0 Å². The predicted octanol–water partition coefficient (Wildman–Crippen LogP) is 3.25. The Morgan fingerprint density at radius 2 is 1.73 bits per heavy atom. The largest absolute Gasteiger partial charge is 0.355 e. The van der Waals surface area contributed by atoms with Crippen molar-refractivity contribution in [3.05, 3.63) is 63.1 Å². The normalized spacial score (nSPS) is 11.4. The third-order valence-corrected chi connectivity index (χ3v) is 6.06. The molecule has 0 atom stereocenters. The lowest BCUT2D eigenvalue weighted by molar-refractivity contribution is -0.120. The number of amides is 1. The molecular weight excluding hydrogens is 395 g/mol. The van der Waals surface area contributed by atoms with Gasteiger partial charge in [0.2, 0.25) is 15.9 Å². The van der Waals surface area contributed by atoms with Crippen molar-refractivity contribution >= 4 is 39.1 Å². The number of rotatable bonds is 7. The molecule has 0 aliphatic rings. The molecule has 8 heteroatoms. The molecule has 2 rings (SSSR count). The average Bonchev–Trinajstić information content (AvgIpc) is 2.57. The Morgan fingerprint density at radius 3 is 2.42 bits per heavy atom. The van der Waals surface area contributed by atoms with Gasteiger partial charge in [0.1, 0.15) is 0 Å². The minimum Gasteiger partial charge on any atom is -0.355 e. The standard InChI is InChI=1S/C18H20Cl2N2O3S/c1-12-3-4-13(2)17(9-12)26(24,25)22-8-7-21-18(23)11-14-5-6-15(19)16(20)10-14/h3-6,9-10,22H,7-8,11H2,1-2H3,(H,21,23). The van der Waals surface area contributed by atoms with Crippen molar-refractivity contribution in [3.8, 4) is 0 Å². The van der Waals surface area contributed by atoms with E-state index in [4.69, 9.17) is 23.2 Å². The molecule has 5 nitrogen and oxygen atoms in total. The minimum atomic E-state index is -3.61. The molecule has 0 aromatic heterocycles. The van der Waals surface area contributed by atoms with Gasteiger partial charge in [-0.3, -0.25) is 4.79 Å². The zero-order valence-electron chi connectivity index (χ0n) is 14.5. The van der Waals surface area contributed by atoms with Gasteiger partial charge in [-0.05, 0) is 48.7 Å². The summed E-state index contributed by atoms with van der Waals surface area (Å²) in [5.74, 6) is -0.227. The van der Waals surface area contributed by atoms with E-state index in [1.807, 2.05) is 13.0 Å². The summed E-state index contributed by atoms with van der Waals surface area (Å²) in [5.41, 5.74) is 2.27. The van der Waals surface area contributed by atoms with Crippen LogP contribution < -0.4 is 10.0 Å². The van der Waals surface area contributed by atoms with Gasteiger partial charge in [-0.1, -0.05) is 41.4 Å². The number of halogens is 2. The van der Waals surface area contributed by atoms with E-state index in [2.05, 4.69) is 10.0 Å². The first-order valence-electron chi connectivity index (χ1n) is 7.96. The van der Waals surface area contributed by atoms with E-state index >= 15 is 0 Å². The van der Waals surface area contributed by atoms with Gasteiger partial charge in [-0.2, -0.15) is 0 Å². The van der Waals surface area contributed by atoms with Crippen molar-refractivity contribution in [1.29, 1.82) is 0 Å². The molecule has 2 N–H and O–H groups in total. The average molecular weight is 415 g/mol. The molecule has 140 valence electrons. The highest BCUT2D eigenvalue weighted by Gasteiger charge is 2.16. The van der Waals surface area contributed by atoms with Crippen LogP contribution in [0.4, 0.5) is 0 Å². The fourth-order valence-electron chi connectivity index (χ4n) is 2.36. The van der Waals surface area contributed by atoms with E-state index in [0.717, 1.165) is 11.1 Å². The van der Waals surface area contributed by atoms with Gasteiger partial charge in [0.25, 0.3) is 0 Å². The van der Waals surface area contributed by atoms with Gasteiger partial charge in [0, 0.05) is 13.1 Å². The highest BCUT2D eigenvalue weighted by molar-refractivity contribution is 7.89. The minimum absolute atomic E-state index is 0.100. The number of hydrogen-bond donors (Lipinski definition) is 2. The Bertz CT molecular complexity index is 915. The van der Waals surface area contributed by atoms with Crippen LogP contribution in [0.1, 0.15) is 16.7 Å². The smallest absolute Gasteiger partial charge is 0.240 e. The molecule has 2 aromatic carbocycles. The highest BCUT2D eigenvalue weighted by Crippen LogP contribution is 2.22. The quantitative estimate of drug-likeness (QED) is 0.682. The van der Waals surface area contributed by atoms with Crippen molar-refractivity contribution in [2.75, 3.05) is 13.1 Å². The number of aryl methyl sites for hydroxylation is 2. The number of nitrogens with one attached hydrogen (secondary N) is 2. The topological polar surface area (TPSA) is 75.3 Å². The summed E-state index contributed by atoms with van der Waals surface area (Å²) in [4.78, 5) is 12.2. The molecule has 1 amide bonds. The second-order valence-corrected chi connectivity index (χ2v) is 8.49. The molecule has 26 heavy (non-hydrogen) atoms. The maximum absolute atomic E-state index is 12.4. The number of benzene rings is 2. The Balaban J connectivity index is 1.84. The molecule has 0 bridgehead atoms. The highest BCUT2D eigenvalue weighted by atomic mass is 35.5. The monoisotopic (exact) mass is 414 g/mol. The molecule has 0 radical (unpaired) electrons. The lowest BCUT2D eigenvalue weighted by atomic mass is 10.1. The van der Waals surface area contributed by atoms with E-state index in [0.29, 0.717) is 15.6 Å². The van der Waals surface area contributed by atoms with E-state index in [9.17, 15) is 13.2 Å². The molecule has 0 spiro atoms. The third kappa shape index (κ3) is 5.71. The van der Waals surface area contributed by atoms with Crippen LogP contribution in [-0.4, -0.2) is 27.4 Å². The zero-order valence-corrected chi connectivity index (χ0v) is 16.8. The summed E-state index contributed by atoms with van der Waals surface area (Å²) >= 11 is 11.8. The molecule has 0 aliphatic heterocycles. The van der Waals surface area contributed by atoms with E-state index in [1.54, 1.807) is 37.3 Å². The summed E-state index contributed by atoms with van der Waals surface area (Å²) in [7, 11) is -3.61. The Kier molecular flexibility index (Phi) is 7.06. The van der Waals surface area contributed by atoms with Crippen LogP contribution in [0, 0.1) is 13.8 Å². The molecular formula is C18H20Cl2N2O3S. The first kappa shape index (κ1) is 20.7. The van der Waals surface area contributed by atoms with Crippen LogP contribution in [0.5, 0.6) is 0 Å². The van der Waals surface area contributed by atoms with E-state index < -0.39 is 10.0 Å². The molecule has 0 fully saturated rings. The first-order valence-corrected chi connectivity index (χ1v) is 10.2. The van der Waals surface area contributed by atoms with Crippen LogP contribution in [0.2, 0.25) is 10.0 Å². The zero-order chi connectivity index (χ0) is 19.3. The van der Waals surface area contributed by atoms with Crippen molar-refractivity contribution < 1.29 is 13.2 Å². The third-order valence-electron chi connectivity index (χ3n) is 3.72. The lowest BCUT2D eigenvalue weighted by Gasteiger charge is -2.11. The van der Waals surface area contributed by atoms with E-state index in [-0.39, 0.29) is 30.3 Å². The summed E-state index contributed by atoms with van der Waals surface area (Å²) in [6.07, 6.45) is 0.140. The van der Waals surface area contributed by atoms with Crippen LogP contribution in [0.25, 0.3) is 0 Å². The van der Waals surface area contributed by atoms with Crippen LogP contribution in [0.15, 0.2) is 41.3 Å². The van der Waals surface area contributed by atoms with Crippen LogP contribution >= 0.6 is 23.2 Å².